The number of nitrogens with zero attached hydrogens (tertiary/aromatic N) is 3. The van der Waals surface area contributed by atoms with Crippen LogP contribution in [0.2, 0.25) is 0 Å². The fraction of sp³-hybridized carbons (Fsp3) is 0.438. The first-order valence-corrected chi connectivity index (χ1v) is 7.88. The second-order valence-electron chi connectivity index (χ2n) is 5.44. The molecule has 0 saturated heterocycles. The molecule has 2 aromatic heterocycles. The summed E-state index contributed by atoms with van der Waals surface area (Å²) in [5, 5.41) is 14.7. The lowest BCUT2D eigenvalue weighted by molar-refractivity contribution is 0.292. The van der Waals surface area contributed by atoms with Gasteiger partial charge in [0.05, 0.1) is 6.04 Å². The lowest BCUT2D eigenvalue weighted by atomic mass is 10.2. The highest BCUT2D eigenvalue weighted by Crippen LogP contribution is 2.22. The molecule has 2 aromatic rings. The van der Waals surface area contributed by atoms with E-state index in [9.17, 15) is 0 Å². The molecule has 112 valence electrons. The van der Waals surface area contributed by atoms with Crippen molar-refractivity contribution in [3.63, 3.8) is 0 Å². The predicted octanol–water partition coefficient (Wildman–Crippen LogP) is 2.66. The van der Waals surface area contributed by atoms with Crippen molar-refractivity contribution >= 4 is 11.3 Å². The van der Waals surface area contributed by atoms with Gasteiger partial charge in [-0.3, -0.25) is 0 Å². The van der Waals surface area contributed by atoms with E-state index in [4.69, 9.17) is 5.26 Å². The summed E-state index contributed by atoms with van der Waals surface area (Å²) < 4.78 is 1.94. The van der Waals surface area contributed by atoms with Crippen LogP contribution in [0.5, 0.6) is 0 Å². The van der Waals surface area contributed by atoms with E-state index in [-0.39, 0.29) is 0 Å². The first-order valence-electron chi connectivity index (χ1n) is 7.00. The summed E-state index contributed by atoms with van der Waals surface area (Å²) in [6, 6.07) is 8.85. The Morgan fingerprint density at radius 3 is 2.76 bits per heavy atom. The Kier molecular flexibility index (Phi) is 5.18. The SMILES string of the molecule is Cc1c(CNC[C@H](c2cccs2)N(C)C)cc(C#N)n1C. The molecule has 21 heavy (non-hydrogen) atoms. The van der Waals surface area contributed by atoms with Crippen molar-refractivity contribution in [3.8, 4) is 6.07 Å². The molecule has 4 nitrogen and oxygen atoms in total. The van der Waals surface area contributed by atoms with Crippen molar-refractivity contribution in [2.24, 2.45) is 7.05 Å². The molecule has 1 N–H and O–H groups in total. The molecule has 0 spiro atoms. The Labute approximate surface area is 130 Å². The Bertz CT molecular complexity index is 619. The fourth-order valence-corrected chi connectivity index (χ4v) is 3.33. The first kappa shape index (κ1) is 15.8. The van der Waals surface area contributed by atoms with Gasteiger partial charge in [-0.15, -0.1) is 11.3 Å². The van der Waals surface area contributed by atoms with Crippen LogP contribution in [0.3, 0.4) is 0 Å². The number of nitriles is 1. The van der Waals surface area contributed by atoms with E-state index >= 15 is 0 Å². The van der Waals surface area contributed by atoms with E-state index in [1.54, 1.807) is 11.3 Å². The van der Waals surface area contributed by atoms with Crippen LogP contribution in [-0.4, -0.2) is 30.1 Å². The minimum atomic E-state index is 0.379. The topological polar surface area (TPSA) is 44.0 Å². The predicted molar refractivity (Wildman–Crippen MR) is 87.3 cm³/mol. The number of aromatic nitrogens is 1. The van der Waals surface area contributed by atoms with Gasteiger partial charge in [-0.1, -0.05) is 6.07 Å². The Morgan fingerprint density at radius 1 is 1.48 bits per heavy atom. The molecule has 0 amide bonds. The molecule has 0 bridgehead atoms. The van der Waals surface area contributed by atoms with Crippen LogP contribution in [0.4, 0.5) is 0 Å². The lowest BCUT2D eigenvalue weighted by Crippen LogP contribution is -2.30. The van der Waals surface area contributed by atoms with E-state index in [0.29, 0.717) is 11.7 Å². The third kappa shape index (κ3) is 3.53. The average molecular weight is 302 g/mol. The third-order valence-electron chi connectivity index (χ3n) is 3.90. The van der Waals surface area contributed by atoms with Crippen molar-refractivity contribution in [2.45, 2.75) is 19.5 Å². The molecule has 0 radical (unpaired) electrons. The Morgan fingerprint density at radius 2 is 2.24 bits per heavy atom. The van der Waals surface area contributed by atoms with Crippen LogP contribution >= 0.6 is 11.3 Å². The normalized spacial score (nSPS) is 12.6. The van der Waals surface area contributed by atoms with Gasteiger partial charge in [0.1, 0.15) is 11.8 Å². The highest BCUT2D eigenvalue weighted by molar-refractivity contribution is 7.10. The zero-order valence-electron chi connectivity index (χ0n) is 13.1. The maximum Gasteiger partial charge on any atom is 0.120 e. The summed E-state index contributed by atoms with van der Waals surface area (Å²) in [5.74, 6) is 0. The second-order valence-corrected chi connectivity index (χ2v) is 6.42. The van der Waals surface area contributed by atoms with Crippen LogP contribution in [0.25, 0.3) is 0 Å². The van der Waals surface area contributed by atoms with Crippen LogP contribution < -0.4 is 5.32 Å². The average Bonchev–Trinajstić information content (AvgIpc) is 3.06. The zero-order valence-corrected chi connectivity index (χ0v) is 13.9. The number of hydrogen-bond donors (Lipinski definition) is 1. The van der Waals surface area contributed by atoms with Crippen molar-refractivity contribution < 1.29 is 0 Å². The van der Waals surface area contributed by atoms with E-state index in [2.05, 4.69) is 54.8 Å². The van der Waals surface area contributed by atoms with Crippen LogP contribution in [-0.2, 0) is 13.6 Å². The monoisotopic (exact) mass is 302 g/mol. The van der Waals surface area contributed by atoms with E-state index in [0.717, 1.165) is 18.8 Å². The summed E-state index contributed by atoms with van der Waals surface area (Å²) in [5.41, 5.74) is 3.06. The quantitative estimate of drug-likeness (QED) is 0.892. The standard InChI is InChI=1S/C16H22N4S/c1-12-13(8-14(9-17)20(12)4)10-18-11-15(19(2)3)16-6-5-7-21-16/h5-8,15,18H,10-11H2,1-4H3/t15-/m1/s1. The van der Waals surface area contributed by atoms with Crippen LogP contribution in [0, 0.1) is 18.3 Å². The van der Waals surface area contributed by atoms with Gasteiger partial charge in [0.25, 0.3) is 0 Å². The highest BCUT2D eigenvalue weighted by Gasteiger charge is 2.15. The van der Waals surface area contributed by atoms with E-state index in [1.807, 2.05) is 17.7 Å². The number of thiophene rings is 1. The van der Waals surface area contributed by atoms with Gasteiger partial charge in [0, 0.05) is 30.7 Å². The number of likely N-dealkylation sites (N-methyl/N-ethyl adjacent to an activating group) is 1. The minimum absolute atomic E-state index is 0.379. The van der Waals surface area contributed by atoms with Gasteiger partial charge in [-0.2, -0.15) is 5.26 Å². The summed E-state index contributed by atoms with van der Waals surface area (Å²) in [6.45, 7) is 3.74. The van der Waals surface area contributed by atoms with Crippen molar-refractivity contribution in [1.29, 1.82) is 5.26 Å². The van der Waals surface area contributed by atoms with E-state index < -0.39 is 0 Å². The Hall–Kier alpha value is -1.61. The molecule has 0 aromatic carbocycles. The second kappa shape index (κ2) is 6.90. The molecule has 0 fully saturated rings. The van der Waals surface area contributed by atoms with Gasteiger partial charge < -0.3 is 14.8 Å². The first-order chi connectivity index (χ1) is 10.0. The van der Waals surface area contributed by atoms with Crippen LogP contribution in [0.15, 0.2) is 23.6 Å². The number of nitrogens with one attached hydrogen (secondary N) is 1. The third-order valence-corrected chi connectivity index (χ3v) is 4.88. The molecule has 0 aliphatic heterocycles. The van der Waals surface area contributed by atoms with Gasteiger partial charge >= 0.3 is 0 Å². The van der Waals surface area contributed by atoms with Crippen LogP contribution in [0.1, 0.15) is 27.9 Å². The van der Waals surface area contributed by atoms with Gasteiger partial charge in [0.2, 0.25) is 0 Å². The maximum absolute atomic E-state index is 9.07. The van der Waals surface area contributed by atoms with Crippen molar-refractivity contribution in [1.82, 2.24) is 14.8 Å². The maximum atomic E-state index is 9.07. The fourth-order valence-electron chi connectivity index (χ4n) is 2.41. The van der Waals surface area contributed by atoms with Crippen molar-refractivity contribution in [3.05, 3.63) is 45.4 Å². The molecular formula is C16H22N4S. The minimum Gasteiger partial charge on any atom is -0.340 e. The van der Waals surface area contributed by atoms with Gasteiger partial charge in [0.15, 0.2) is 0 Å². The molecule has 0 aliphatic rings. The zero-order chi connectivity index (χ0) is 15.4. The summed E-state index contributed by atoms with van der Waals surface area (Å²) in [4.78, 5) is 3.60. The molecule has 0 saturated carbocycles. The van der Waals surface area contributed by atoms with Gasteiger partial charge in [-0.25, -0.2) is 0 Å². The van der Waals surface area contributed by atoms with Gasteiger partial charge in [-0.05, 0) is 44.1 Å². The number of rotatable bonds is 6. The smallest absolute Gasteiger partial charge is 0.120 e. The molecule has 2 rings (SSSR count). The lowest BCUT2D eigenvalue weighted by Gasteiger charge is -2.23. The largest absolute Gasteiger partial charge is 0.340 e. The molecular weight excluding hydrogens is 280 g/mol. The molecule has 0 aliphatic carbocycles. The Balaban J connectivity index is 1.99. The molecule has 1 atom stereocenters. The summed E-state index contributed by atoms with van der Waals surface area (Å²) in [6.07, 6.45) is 0. The summed E-state index contributed by atoms with van der Waals surface area (Å²) >= 11 is 1.79. The molecule has 5 heteroatoms. The summed E-state index contributed by atoms with van der Waals surface area (Å²) in [7, 11) is 6.15. The van der Waals surface area contributed by atoms with E-state index in [1.165, 1.54) is 10.4 Å². The highest BCUT2D eigenvalue weighted by atomic mass is 32.1. The molecule has 2 heterocycles. The van der Waals surface area contributed by atoms with Crippen molar-refractivity contribution in [2.75, 3.05) is 20.6 Å². The number of hydrogen-bond acceptors (Lipinski definition) is 4. The molecule has 0 unspecified atom stereocenters.